The standard InChI is InChI=1S/C10H12N2O2S/c1-12-9(13)11-10(14)15(12)7-8-5-3-2-4-6-8/h2-6,15H,7H2,1H3,(H,11,13,14). The van der Waals surface area contributed by atoms with Crippen LogP contribution in [0.1, 0.15) is 5.56 Å². The number of imide groups is 1. The van der Waals surface area contributed by atoms with Crippen LogP contribution in [0, 0.1) is 0 Å². The van der Waals surface area contributed by atoms with E-state index in [2.05, 4.69) is 5.32 Å². The highest BCUT2D eigenvalue weighted by molar-refractivity contribution is 8.28. The summed E-state index contributed by atoms with van der Waals surface area (Å²) >= 11 is -1.05. The van der Waals surface area contributed by atoms with Crippen molar-refractivity contribution in [3.8, 4) is 0 Å². The van der Waals surface area contributed by atoms with Crippen molar-refractivity contribution < 1.29 is 9.59 Å². The summed E-state index contributed by atoms with van der Waals surface area (Å²) in [5, 5.41) is 2.16. The first kappa shape index (κ1) is 10.0. The van der Waals surface area contributed by atoms with E-state index in [-0.39, 0.29) is 11.3 Å². The number of hydrogen-bond donors (Lipinski definition) is 2. The van der Waals surface area contributed by atoms with Crippen LogP contribution < -0.4 is 5.32 Å². The molecule has 1 atom stereocenters. The molecular weight excluding hydrogens is 212 g/mol. The van der Waals surface area contributed by atoms with Gasteiger partial charge in [0.15, 0.2) is 0 Å². The van der Waals surface area contributed by atoms with Gasteiger partial charge in [-0.1, -0.05) is 41.4 Å². The molecule has 0 saturated carbocycles. The van der Waals surface area contributed by atoms with E-state index in [9.17, 15) is 9.59 Å². The molecule has 1 aliphatic heterocycles. The molecule has 0 aromatic heterocycles. The van der Waals surface area contributed by atoms with E-state index in [1.807, 2.05) is 30.3 Å². The quantitative estimate of drug-likeness (QED) is 0.753. The number of urea groups is 1. The van der Waals surface area contributed by atoms with Crippen LogP contribution in [0.4, 0.5) is 9.59 Å². The summed E-state index contributed by atoms with van der Waals surface area (Å²) in [6.07, 6.45) is 0. The molecule has 2 rings (SSSR count). The minimum atomic E-state index is -1.05. The highest BCUT2D eigenvalue weighted by atomic mass is 32.2. The van der Waals surface area contributed by atoms with Gasteiger partial charge in [0, 0.05) is 12.8 Å². The van der Waals surface area contributed by atoms with E-state index >= 15 is 0 Å². The Bertz CT molecular complexity index is 394. The lowest BCUT2D eigenvalue weighted by molar-refractivity contribution is 0.232. The summed E-state index contributed by atoms with van der Waals surface area (Å²) in [5.41, 5.74) is 1.08. The Hall–Kier alpha value is -1.49. The van der Waals surface area contributed by atoms with Gasteiger partial charge in [0.2, 0.25) is 0 Å². The molecule has 5 heteroatoms. The van der Waals surface area contributed by atoms with Gasteiger partial charge in [0.25, 0.3) is 5.24 Å². The van der Waals surface area contributed by atoms with E-state index in [1.165, 1.54) is 4.31 Å². The summed E-state index contributed by atoms with van der Waals surface area (Å²) in [6, 6.07) is 9.43. The second-order valence-corrected chi connectivity index (χ2v) is 5.42. The van der Waals surface area contributed by atoms with E-state index in [1.54, 1.807) is 7.05 Å². The van der Waals surface area contributed by atoms with Gasteiger partial charge in [0.1, 0.15) is 0 Å². The topological polar surface area (TPSA) is 49.4 Å². The number of amides is 3. The number of nitrogens with zero attached hydrogens (tertiary/aromatic N) is 1. The summed E-state index contributed by atoms with van der Waals surface area (Å²) in [5.74, 6) is 0.629. The summed E-state index contributed by atoms with van der Waals surface area (Å²) < 4.78 is 1.50. The molecule has 0 aliphatic carbocycles. The van der Waals surface area contributed by atoms with Gasteiger partial charge >= 0.3 is 6.03 Å². The minimum absolute atomic E-state index is 0.152. The summed E-state index contributed by atoms with van der Waals surface area (Å²) in [4.78, 5) is 22.6. The van der Waals surface area contributed by atoms with Gasteiger partial charge in [-0.05, 0) is 5.56 Å². The fraction of sp³-hybridized carbons (Fsp3) is 0.200. The van der Waals surface area contributed by atoms with E-state index in [0.717, 1.165) is 5.56 Å². The molecule has 1 heterocycles. The lowest BCUT2D eigenvalue weighted by atomic mass is 10.2. The number of hydrogen-bond acceptors (Lipinski definition) is 2. The van der Waals surface area contributed by atoms with Crippen LogP contribution in [0.15, 0.2) is 30.3 Å². The molecule has 0 radical (unpaired) electrons. The number of rotatable bonds is 2. The lowest BCUT2D eigenvalue weighted by Gasteiger charge is -2.19. The lowest BCUT2D eigenvalue weighted by Crippen LogP contribution is -2.23. The zero-order chi connectivity index (χ0) is 10.8. The van der Waals surface area contributed by atoms with Crippen molar-refractivity contribution in [1.82, 2.24) is 9.62 Å². The van der Waals surface area contributed by atoms with Crippen molar-refractivity contribution in [3.05, 3.63) is 35.9 Å². The van der Waals surface area contributed by atoms with Crippen molar-refractivity contribution in [2.75, 3.05) is 7.05 Å². The van der Waals surface area contributed by atoms with Crippen molar-refractivity contribution in [3.63, 3.8) is 0 Å². The number of nitrogens with one attached hydrogen (secondary N) is 1. The Balaban J connectivity index is 2.13. The molecule has 1 N–H and O–H groups in total. The smallest absolute Gasteiger partial charge is 0.284 e. The van der Waals surface area contributed by atoms with Crippen LogP contribution in [0.25, 0.3) is 0 Å². The molecule has 1 aliphatic rings. The Kier molecular flexibility index (Phi) is 2.64. The molecule has 1 aromatic carbocycles. The van der Waals surface area contributed by atoms with Crippen molar-refractivity contribution in [1.29, 1.82) is 0 Å². The van der Waals surface area contributed by atoms with E-state index in [0.29, 0.717) is 5.75 Å². The van der Waals surface area contributed by atoms with Gasteiger partial charge in [0.05, 0.1) is 0 Å². The fourth-order valence-electron chi connectivity index (χ4n) is 1.42. The third kappa shape index (κ3) is 1.97. The van der Waals surface area contributed by atoms with Crippen molar-refractivity contribution in [2.45, 2.75) is 5.75 Å². The Morgan fingerprint density at radius 2 is 1.93 bits per heavy atom. The third-order valence-corrected chi connectivity index (χ3v) is 4.43. The zero-order valence-electron chi connectivity index (χ0n) is 8.30. The highest BCUT2D eigenvalue weighted by Crippen LogP contribution is 2.37. The number of thiol groups is 1. The number of carbonyl (C=O) groups is 2. The molecule has 80 valence electrons. The third-order valence-electron chi connectivity index (χ3n) is 2.28. The van der Waals surface area contributed by atoms with Crippen LogP contribution in [0.3, 0.4) is 0 Å². The van der Waals surface area contributed by atoms with Crippen LogP contribution >= 0.6 is 11.1 Å². The normalized spacial score (nSPS) is 23.0. The molecule has 0 spiro atoms. The maximum atomic E-state index is 11.5. The van der Waals surface area contributed by atoms with Crippen LogP contribution in [-0.2, 0) is 5.75 Å². The zero-order valence-corrected chi connectivity index (χ0v) is 9.20. The second kappa shape index (κ2) is 3.94. The average molecular weight is 224 g/mol. The average Bonchev–Trinajstić information content (AvgIpc) is 2.47. The van der Waals surface area contributed by atoms with Gasteiger partial charge in [-0.15, -0.1) is 0 Å². The van der Waals surface area contributed by atoms with Gasteiger partial charge < -0.3 is 0 Å². The first-order valence-corrected chi connectivity index (χ1v) is 6.06. The number of carbonyl (C=O) groups excluding carboxylic acids is 2. The van der Waals surface area contributed by atoms with E-state index < -0.39 is 11.1 Å². The Morgan fingerprint density at radius 3 is 2.47 bits per heavy atom. The second-order valence-electron chi connectivity index (χ2n) is 3.30. The van der Waals surface area contributed by atoms with Gasteiger partial charge in [-0.3, -0.25) is 14.4 Å². The molecule has 0 bridgehead atoms. The SMILES string of the molecule is CN1C(=O)NC(=O)[SH]1Cc1ccccc1. The summed E-state index contributed by atoms with van der Waals surface area (Å²) in [7, 11) is 1.66. The maximum Gasteiger partial charge on any atom is 0.333 e. The predicted molar refractivity (Wildman–Crippen MR) is 60.8 cm³/mol. The van der Waals surface area contributed by atoms with Crippen LogP contribution in [0.5, 0.6) is 0 Å². The fourth-order valence-corrected chi connectivity index (χ4v) is 3.10. The molecule has 1 saturated heterocycles. The first-order valence-electron chi connectivity index (χ1n) is 4.58. The Morgan fingerprint density at radius 1 is 1.27 bits per heavy atom. The predicted octanol–water partition coefficient (Wildman–Crippen LogP) is 1.88. The van der Waals surface area contributed by atoms with Gasteiger partial charge in [-0.25, -0.2) is 4.79 Å². The van der Waals surface area contributed by atoms with Crippen LogP contribution in [-0.4, -0.2) is 22.6 Å². The van der Waals surface area contributed by atoms with Crippen molar-refractivity contribution in [2.24, 2.45) is 0 Å². The minimum Gasteiger partial charge on any atom is -0.284 e. The van der Waals surface area contributed by atoms with E-state index in [4.69, 9.17) is 0 Å². The first-order chi connectivity index (χ1) is 7.18. The van der Waals surface area contributed by atoms with Gasteiger partial charge in [-0.2, -0.15) is 0 Å². The number of benzene rings is 1. The maximum absolute atomic E-state index is 11.5. The molecular formula is C10H12N2O2S. The largest absolute Gasteiger partial charge is 0.333 e. The monoisotopic (exact) mass is 224 g/mol. The van der Waals surface area contributed by atoms with Crippen LogP contribution in [0.2, 0.25) is 0 Å². The molecule has 4 nitrogen and oxygen atoms in total. The molecule has 1 aromatic rings. The summed E-state index contributed by atoms with van der Waals surface area (Å²) in [6.45, 7) is 0. The molecule has 15 heavy (non-hydrogen) atoms. The molecule has 1 unspecified atom stereocenters. The highest BCUT2D eigenvalue weighted by Gasteiger charge is 2.32. The molecule has 1 fully saturated rings. The van der Waals surface area contributed by atoms with Crippen molar-refractivity contribution >= 4 is 22.4 Å². The Labute approximate surface area is 90.7 Å². The molecule has 3 amide bonds.